The molecular weight excluding hydrogens is 572 g/mol. The maximum atomic E-state index is 13.9. The van der Waals surface area contributed by atoms with Crippen molar-refractivity contribution in [3.63, 3.8) is 0 Å². The molecule has 2 heterocycles. The molecule has 44 heavy (non-hydrogen) atoms. The molecule has 2 aromatic carbocycles. The van der Waals surface area contributed by atoms with E-state index in [4.69, 9.17) is 9.47 Å². The Morgan fingerprint density at radius 2 is 1.39 bits per heavy atom. The molecule has 1 saturated heterocycles. The van der Waals surface area contributed by atoms with Gasteiger partial charge in [0.2, 0.25) is 0 Å². The van der Waals surface area contributed by atoms with Crippen molar-refractivity contribution in [3.05, 3.63) is 72.1 Å². The summed E-state index contributed by atoms with van der Waals surface area (Å²) in [6, 6.07) is 11.0. The molecule has 234 valence electrons. The number of nitrogens with zero attached hydrogens (tertiary/aromatic N) is 3. The maximum Gasteiger partial charge on any atom is 0.412 e. The number of piperazine rings is 1. The fourth-order valence-corrected chi connectivity index (χ4v) is 4.44. The Hall–Kier alpha value is -4.74. The van der Waals surface area contributed by atoms with Crippen molar-refractivity contribution >= 4 is 35.2 Å². The predicted molar refractivity (Wildman–Crippen MR) is 164 cm³/mol. The van der Waals surface area contributed by atoms with Gasteiger partial charge in [-0.15, -0.1) is 0 Å². The highest BCUT2D eigenvalue weighted by atomic mass is 19.1. The zero-order valence-corrected chi connectivity index (χ0v) is 25.7. The minimum atomic E-state index is -0.763. The number of nitrogens with one attached hydrogen (secondary N) is 2. The zero-order valence-electron chi connectivity index (χ0n) is 25.7. The minimum absolute atomic E-state index is 0.103. The highest BCUT2D eigenvalue weighted by Crippen LogP contribution is 2.31. The van der Waals surface area contributed by atoms with Crippen LogP contribution in [0.4, 0.5) is 35.4 Å². The molecule has 0 radical (unpaired) electrons. The van der Waals surface area contributed by atoms with Crippen LogP contribution in [0.15, 0.2) is 54.7 Å². The molecule has 2 N–H and O–H groups in total. The summed E-state index contributed by atoms with van der Waals surface area (Å²) in [6.07, 6.45) is 0.477. The average Bonchev–Trinajstić information content (AvgIpc) is 2.91. The first-order valence-corrected chi connectivity index (χ1v) is 14.2. The van der Waals surface area contributed by atoms with Crippen molar-refractivity contribution in [1.82, 2.24) is 9.88 Å². The van der Waals surface area contributed by atoms with Gasteiger partial charge in [0, 0.05) is 32.2 Å². The Morgan fingerprint density at radius 1 is 0.750 bits per heavy atom. The summed E-state index contributed by atoms with van der Waals surface area (Å²) < 4.78 is 38.6. The van der Waals surface area contributed by atoms with Crippen LogP contribution in [0.2, 0.25) is 0 Å². The van der Waals surface area contributed by atoms with E-state index in [2.05, 4.69) is 20.5 Å². The van der Waals surface area contributed by atoms with Crippen LogP contribution in [0, 0.1) is 11.6 Å². The smallest absolute Gasteiger partial charge is 0.412 e. The van der Waals surface area contributed by atoms with Gasteiger partial charge in [-0.3, -0.25) is 10.1 Å². The molecular formula is C32H37F2N5O5. The standard InChI is InChI=1S/C32H37F2N5O5/c1-31(2,3)43-29(41)37-25-9-7-20(21-15-22(33)18-23(34)16-21)17-27(25)36-28(40)26-10-8-24(19-35-26)38-11-13-39(14-12-38)30(42)44-32(4,5)6/h7-10,15-19H,11-14H2,1-6H3,(H,36,40)(H,37,41). The topological polar surface area (TPSA) is 113 Å². The highest BCUT2D eigenvalue weighted by molar-refractivity contribution is 6.06. The number of anilines is 3. The normalized spacial score (nSPS) is 13.7. The summed E-state index contributed by atoms with van der Waals surface area (Å²) in [5.41, 5.74) is 0.595. The third kappa shape index (κ3) is 8.88. The Kier molecular flexibility index (Phi) is 9.41. The van der Waals surface area contributed by atoms with E-state index in [1.165, 1.54) is 24.3 Å². The van der Waals surface area contributed by atoms with E-state index in [-0.39, 0.29) is 28.7 Å². The number of ether oxygens (including phenoxy) is 2. The first kappa shape index (κ1) is 32.2. The van der Waals surface area contributed by atoms with E-state index in [9.17, 15) is 23.2 Å². The fourth-order valence-electron chi connectivity index (χ4n) is 4.44. The summed E-state index contributed by atoms with van der Waals surface area (Å²) in [7, 11) is 0. The third-order valence-electron chi connectivity index (χ3n) is 6.38. The van der Waals surface area contributed by atoms with Gasteiger partial charge in [-0.2, -0.15) is 0 Å². The van der Waals surface area contributed by atoms with Crippen LogP contribution in [0.25, 0.3) is 11.1 Å². The summed E-state index contributed by atoms with van der Waals surface area (Å²) in [5.74, 6) is -2.07. The lowest BCUT2D eigenvalue weighted by molar-refractivity contribution is 0.0240. The Balaban J connectivity index is 1.49. The third-order valence-corrected chi connectivity index (χ3v) is 6.38. The van der Waals surface area contributed by atoms with Gasteiger partial charge in [0.1, 0.15) is 28.5 Å². The lowest BCUT2D eigenvalue weighted by Gasteiger charge is -2.36. The van der Waals surface area contributed by atoms with Gasteiger partial charge < -0.3 is 24.6 Å². The molecule has 0 atom stereocenters. The van der Waals surface area contributed by atoms with E-state index in [1.54, 1.807) is 50.1 Å². The molecule has 1 aliphatic rings. The van der Waals surface area contributed by atoms with Crippen LogP contribution < -0.4 is 15.5 Å². The molecule has 12 heteroatoms. The van der Waals surface area contributed by atoms with Gasteiger partial charge in [-0.25, -0.2) is 23.4 Å². The van der Waals surface area contributed by atoms with E-state index in [0.29, 0.717) is 31.7 Å². The Labute approximate surface area is 255 Å². The monoisotopic (exact) mass is 609 g/mol. The van der Waals surface area contributed by atoms with E-state index < -0.39 is 34.8 Å². The second-order valence-corrected chi connectivity index (χ2v) is 12.4. The first-order chi connectivity index (χ1) is 20.6. The molecule has 3 amide bonds. The lowest BCUT2D eigenvalue weighted by atomic mass is 10.0. The van der Waals surface area contributed by atoms with Crippen LogP contribution in [-0.2, 0) is 9.47 Å². The Morgan fingerprint density at radius 3 is 1.95 bits per heavy atom. The first-order valence-electron chi connectivity index (χ1n) is 14.2. The molecule has 1 aromatic heterocycles. The number of halogens is 2. The lowest BCUT2D eigenvalue weighted by Crippen LogP contribution is -2.50. The second-order valence-electron chi connectivity index (χ2n) is 12.4. The number of rotatable bonds is 5. The van der Waals surface area contributed by atoms with Gasteiger partial charge >= 0.3 is 12.2 Å². The van der Waals surface area contributed by atoms with Crippen LogP contribution in [0.3, 0.4) is 0 Å². The molecule has 0 bridgehead atoms. The van der Waals surface area contributed by atoms with Crippen molar-refractivity contribution in [1.29, 1.82) is 0 Å². The number of pyridine rings is 1. The van der Waals surface area contributed by atoms with Gasteiger partial charge in [0.25, 0.3) is 5.91 Å². The largest absolute Gasteiger partial charge is 0.444 e. The van der Waals surface area contributed by atoms with E-state index in [1.807, 2.05) is 20.8 Å². The van der Waals surface area contributed by atoms with E-state index >= 15 is 0 Å². The predicted octanol–water partition coefficient (Wildman–Crippen LogP) is 6.68. The number of hydrogen-bond acceptors (Lipinski definition) is 7. The van der Waals surface area contributed by atoms with Crippen molar-refractivity contribution < 1.29 is 32.6 Å². The summed E-state index contributed by atoms with van der Waals surface area (Å²) in [5, 5.41) is 5.35. The maximum absolute atomic E-state index is 13.9. The summed E-state index contributed by atoms with van der Waals surface area (Å²) in [6.45, 7) is 12.7. The van der Waals surface area contributed by atoms with Crippen molar-refractivity contribution in [2.75, 3.05) is 41.7 Å². The number of amides is 3. The number of carbonyl (C=O) groups excluding carboxylic acids is 3. The summed E-state index contributed by atoms with van der Waals surface area (Å²) in [4.78, 5) is 46.2. The quantitative estimate of drug-likeness (QED) is 0.332. The van der Waals surface area contributed by atoms with Crippen LogP contribution >= 0.6 is 0 Å². The van der Waals surface area contributed by atoms with Gasteiger partial charge in [0.05, 0.1) is 23.3 Å². The Bertz CT molecular complexity index is 1510. The second kappa shape index (κ2) is 12.9. The van der Waals surface area contributed by atoms with Crippen molar-refractivity contribution in [2.45, 2.75) is 52.7 Å². The average molecular weight is 610 g/mol. The molecule has 1 aliphatic heterocycles. The molecule has 0 saturated carbocycles. The minimum Gasteiger partial charge on any atom is -0.444 e. The number of benzene rings is 2. The zero-order chi connectivity index (χ0) is 32.2. The van der Waals surface area contributed by atoms with Gasteiger partial charge in [-0.1, -0.05) is 6.07 Å². The van der Waals surface area contributed by atoms with Crippen LogP contribution in [0.1, 0.15) is 52.0 Å². The molecule has 0 aliphatic carbocycles. The summed E-state index contributed by atoms with van der Waals surface area (Å²) >= 11 is 0. The number of aromatic nitrogens is 1. The molecule has 10 nitrogen and oxygen atoms in total. The molecule has 0 spiro atoms. The molecule has 0 unspecified atom stereocenters. The van der Waals surface area contributed by atoms with Crippen LogP contribution in [-0.4, -0.2) is 65.4 Å². The van der Waals surface area contributed by atoms with Crippen molar-refractivity contribution in [3.8, 4) is 11.1 Å². The molecule has 4 rings (SSSR count). The van der Waals surface area contributed by atoms with E-state index in [0.717, 1.165) is 11.8 Å². The van der Waals surface area contributed by atoms with Crippen LogP contribution in [0.5, 0.6) is 0 Å². The fraction of sp³-hybridized carbons (Fsp3) is 0.375. The number of carbonyl (C=O) groups is 3. The van der Waals surface area contributed by atoms with Crippen molar-refractivity contribution in [2.24, 2.45) is 0 Å². The SMILES string of the molecule is CC(C)(C)OC(=O)Nc1ccc(-c2cc(F)cc(F)c2)cc1NC(=O)c1ccc(N2CCN(C(=O)OC(C)(C)C)CC2)cn1. The highest BCUT2D eigenvalue weighted by Gasteiger charge is 2.26. The van der Waals surface area contributed by atoms with Gasteiger partial charge in [0.15, 0.2) is 0 Å². The number of hydrogen-bond donors (Lipinski definition) is 2. The van der Waals surface area contributed by atoms with Gasteiger partial charge in [-0.05, 0) is 89.1 Å². The molecule has 3 aromatic rings. The molecule has 1 fully saturated rings.